The number of hydrogen-bond acceptors (Lipinski definition) is 6. The minimum Gasteiger partial charge on any atom is -0.487 e. The van der Waals surface area contributed by atoms with Gasteiger partial charge < -0.3 is 14.9 Å². The first-order chi connectivity index (χ1) is 14.2. The molecule has 30 heavy (non-hydrogen) atoms. The number of ether oxygens (including phenoxy) is 1. The second kappa shape index (κ2) is 9.28. The predicted octanol–water partition coefficient (Wildman–Crippen LogP) is 4.56. The van der Waals surface area contributed by atoms with Gasteiger partial charge in [-0.05, 0) is 45.8 Å². The summed E-state index contributed by atoms with van der Waals surface area (Å²) in [4.78, 5) is 21.9. The third-order valence-corrected chi connectivity index (χ3v) is 8.52. The van der Waals surface area contributed by atoms with Gasteiger partial charge in [-0.2, -0.15) is 0 Å². The van der Waals surface area contributed by atoms with Gasteiger partial charge in [0.15, 0.2) is 15.8 Å². The molecule has 2 aromatic carbocycles. The SMILES string of the molecule is CNC(=O)c1cc(OCc2ccc(S(C)(=O)=O)cc2)c2sc(C(F)PO)c(Br)c2c1. The predicted molar refractivity (Wildman–Crippen MR) is 121 cm³/mol. The maximum atomic E-state index is 14.2. The first-order valence-corrected chi connectivity index (χ1v) is 13.1. The van der Waals surface area contributed by atoms with Gasteiger partial charge >= 0.3 is 0 Å². The number of nitrogens with one attached hydrogen (secondary N) is 1. The number of alkyl halides is 1. The number of carbonyl (C=O) groups excluding carboxylic acids is 1. The molecule has 3 rings (SSSR count). The smallest absolute Gasteiger partial charge is 0.251 e. The van der Waals surface area contributed by atoms with Crippen molar-refractivity contribution in [3.05, 3.63) is 56.9 Å². The molecule has 3 aromatic rings. The molecule has 2 atom stereocenters. The molecule has 6 nitrogen and oxygen atoms in total. The monoisotopic (exact) mass is 533 g/mol. The number of hydrogen-bond donors (Lipinski definition) is 2. The van der Waals surface area contributed by atoms with Crippen LogP contribution in [0.2, 0.25) is 0 Å². The highest BCUT2D eigenvalue weighted by molar-refractivity contribution is 9.10. The van der Waals surface area contributed by atoms with Crippen molar-refractivity contribution < 1.29 is 27.2 Å². The molecule has 160 valence electrons. The summed E-state index contributed by atoms with van der Waals surface area (Å²) in [6, 6.07) is 9.51. The summed E-state index contributed by atoms with van der Waals surface area (Å²) in [7, 11) is -2.69. The van der Waals surface area contributed by atoms with E-state index in [1.54, 1.807) is 24.3 Å². The maximum absolute atomic E-state index is 14.2. The van der Waals surface area contributed by atoms with Crippen molar-refractivity contribution in [2.24, 2.45) is 0 Å². The van der Waals surface area contributed by atoms with Crippen molar-refractivity contribution in [1.29, 1.82) is 0 Å². The van der Waals surface area contributed by atoms with Crippen molar-refractivity contribution >= 4 is 61.9 Å². The number of thiophene rings is 1. The van der Waals surface area contributed by atoms with Gasteiger partial charge in [-0.3, -0.25) is 4.79 Å². The van der Waals surface area contributed by atoms with Crippen LogP contribution in [0.5, 0.6) is 5.75 Å². The molecule has 1 aromatic heterocycles. The summed E-state index contributed by atoms with van der Waals surface area (Å²) in [5.41, 5.74) is 1.08. The van der Waals surface area contributed by atoms with Crippen LogP contribution in [0.3, 0.4) is 0 Å². The lowest BCUT2D eigenvalue weighted by molar-refractivity contribution is 0.0962. The molecule has 0 aliphatic carbocycles. The fourth-order valence-corrected chi connectivity index (χ4v) is 6.09. The quantitative estimate of drug-likeness (QED) is 0.434. The summed E-state index contributed by atoms with van der Waals surface area (Å²) in [5.74, 6) is -1.46. The van der Waals surface area contributed by atoms with Crippen molar-refractivity contribution in [3.8, 4) is 5.75 Å². The zero-order chi connectivity index (χ0) is 22.1. The topological polar surface area (TPSA) is 92.7 Å². The summed E-state index contributed by atoms with van der Waals surface area (Å²) >= 11 is 4.52. The standard InChI is InChI=1S/C19H18BrFNO5PS2/c1-22-19(23)11-7-13-15(20)17(18(21)28-24)29-16(13)14(8-11)27-9-10-3-5-12(6-4-10)30(2,25)26/h3-8,18,24,28H,9H2,1-2H3,(H,22,23). The van der Waals surface area contributed by atoms with Crippen LogP contribution in [-0.2, 0) is 16.4 Å². The number of rotatable bonds is 7. The molecule has 0 saturated heterocycles. The van der Waals surface area contributed by atoms with Crippen LogP contribution in [0, 0.1) is 0 Å². The normalized spacial score (nSPS) is 13.1. The Kier molecular flexibility index (Phi) is 7.14. The van der Waals surface area contributed by atoms with Gasteiger partial charge in [-0.1, -0.05) is 12.1 Å². The van der Waals surface area contributed by atoms with Crippen molar-refractivity contribution in [2.75, 3.05) is 13.3 Å². The lowest BCUT2D eigenvalue weighted by Crippen LogP contribution is -2.17. The molecule has 0 saturated carbocycles. The Labute approximate surface area is 187 Å². The largest absolute Gasteiger partial charge is 0.487 e. The molecule has 11 heteroatoms. The van der Waals surface area contributed by atoms with Gasteiger partial charge in [0.1, 0.15) is 12.4 Å². The number of sulfone groups is 1. The van der Waals surface area contributed by atoms with Gasteiger partial charge in [0, 0.05) is 28.7 Å². The van der Waals surface area contributed by atoms with E-state index in [2.05, 4.69) is 21.2 Å². The molecule has 0 aliphatic heterocycles. The lowest BCUT2D eigenvalue weighted by Gasteiger charge is -2.10. The molecule has 0 fully saturated rings. The molecule has 1 heterocycles. The fourth-order valence-electron chi connectivity index (χ4n) is 2.76. The van der Waals surface area contributed by atoms with E-state index in [4.69, 9.17) is 4.74 Å². The second-order valence-electron chi connectivity index (χ2n) is 6.41. The average molecular weight is 534 g/mol. The van der Waals surface area contributed by atoms with E-state index in [1.165, 1.54) is 19.2 Å². The van der Waals surface area contributed by atoms with Crippen molar-refractivity contribution in [2.45, 2.75) is 17.4 Å². The summed E-state index contributed by atoms with van der Waals surface area (Å²) in [6.45, 7) is 0.127. The van der Waals surface area contributed by atoms with E-state index in [0.717, 1.165) is 23.2 Å². The minimum atomic E-state index is -3.29. The average Bonchev–Trinajstić information content (AvgIpc) is 3.07. The number of halogens is 2. The van der Waals surface area contributed by atoms with Gasteiger partial charge in [-0.15, -0.1) is 11.3 Å². The lowest BCUT2D eigenvalue weighted by atomic mass is 10.1. The molecule has 0 bridgehead atoms. The Bertz CT molecular complexity index is 1200. The molecule has 2 unspecified atom stereocenters. The van der Waals surface area contributed by atoms with E-state index < -0.39 is 24.6 Å². The number of benzene rings is 2. The van der Waals surface area contributed by atoms with Gasteiger partial charge in [0.05, 0.1) is 23.3 Å². The Morgan fingerprint density at radius 3 is 2.57 bits per heavy atom. The molecular weight excluding hydrogens is 516 g/mol. The van der Waals surface area contributed by atoms with Gasteiger partial charge in [0.25, 0.3) is 5.91 Å². The van der Waals surface area contributed by atoms with E-state index in [1.807, 2.05) is 0 Å². The zero-order valence-corrected chi connectivity index (χ0v) is 20.1. The second-order valence-corrected chi connectivity index (χ2v) is 11.0. The first kappa shape index (κ1) is 23.1. The number of fused-ring (bicyclic) bond motifs is 1. The van der Waals surface area contributed by atoms with Crippen LogP contribution >= 0.6 is 36.1 Å². The zero-order valence-electron chi connectivity index (χ0n) is 15.9. The minimum absolute atomic E-state index is 0.127. The number of carbonyl (C=O) groups is 1. The van der Waals surface area contributed by atoms with Crippen LogP contribution in [0.4, 0.5) is 4.39 Å². The fraction of sp³-hybridized carbons (Fsp3) is 0.211. The maximum Gasteiger partial charge on any atom is 0.251 e. The van der Waals surface area contributed by atoms with Crippen LogP contribution in [-0.4, -0.2) is 32.5 Å². The third-order valence-electron chi connectivity index (χ3n) is 4.30. The molecular formula is C19H18BrFNO5PS2. The van der Waals surface area contributed by atoms with Crippen molar-refractivity contribution in [1.82, 2.24) is 5.32 Å². The van der Waals surface area contributed by atoms with E-state index >= 15 is 0 Å². The first-order valence-electron chi connectivity index (χ1n) is 8.59. The van der Waals surface area contributed by atoms with E-state index in [0.29, 0.717) is 30.7 Å². The Hall–Kier alpha value is -1.58. The molecule has 2 N–H and O–H groups in total. The van der Waals surface area contributed by atoms with Gasteiger partial charge in [0.2, 0.25) is 0 Å². The summed E-state index contributed by atoms with van der Waals surface area (Å²) in [5, 5.41) is 3.16. The van der Waals surface area contributed by atoms with E-state index in [9.17, 15) is 22.5 Å². The third kappa shape index (κ3) is 4.84. The van der Waals surface area contributed by atoms with Crippen molar-refractivity contribution in [3.63, 3.8) is 0 Å². The molecule has 0 radical (unpaired) electrons. The molecule has 0 aliphatic rings. The highest BCUT2D eigenvalue weighted by atomic mass is 79.9. The van der Waals surface area contributed by atoms with Crippen LogP contribution in [0.25, 0.3) is 10.1 Å². The number of amides is 1. The van der Waals surface area contributed by atoms with Crippen LogP contribution < -0.4 is 10.1 Å². The Morgan fingerprint density at radius 2 is 2.00 bits per heavy atom. The molecule has 1 amide bonds. The highest BCUT2D eigenvalue weighted by Crippen LogP contribution is 2.48. The Balaban J connectivity index is 1.99. The van der Waals surface area contributed by atoms with Gasteiger partial charge in [-0.25, -0.2) is 12.8 Å². The summed E-state index contributed by atoms with van der Waals surface area (Å²) in [6.07, 6.45) is 1.14. The van der Waals surface area contributed by atoms with Crippen LogP contribution in [0.15, 0.2) is 45.8 Å². The van der Waals surface area contributed by atoms with E-state index in [-0.39, 0.29) is 17.4 Å². The molecule has 0 spiro atoms. The summed E-state index contributed by atoms with van der Waals surface area (Å²) < 4.78 is 44.4. The highest BCUT2D eigenvalue weighted by Gasteiger charge is 2.22. The Morgan fingerprint density at radius 1 is 1.33 bits per heavy atom. The van der Waals surface area contributed by atoms with Crippen LogP contribution in [0.1, 0.15) is 26.7 Å².